The number of aliphatic carboxylic acids is 1. The third-order valence-electron chi connectivity index (χ3n) is 6.16. The van der Waals surface area contributed by atoms with Crippen LogP contribution < -0.4 is 10.6 Å². The molecule has 9 nitrogen and oxygen atoms in total. The number of ether oxygens (including phenoxy) is 1. The Hall–Kier alpha value is -4.14. The molecule has 4 N–H and O–H groups in total. The average Bonchev–Trinajstić information content (AvgIpc) is 3.35. The number of amides is 2. The lowest BCUT2D eigenvalue weighted by Crippen LogP contribution is -2.26. The van der Waals surface area contributed by atoms with Crippen LogP contribution in [-0.4, -0.2) is 46.4 Å². The van der Waals surface area contributed by atoms with E-state index in [1.165, 1.54) is 6.07 Å². The fourth-order valence-corrected chi connectivity index (χ4v) is 4.34. The Kier molecular flexibility index (Phi) is 5.29. The van der Waals surface area contributed by atoms with Crippen molar-refractivity contribution in [2.24, 2.45) is 11.8 Å². The topological polar surface area (TPSA) is 133 Å². The number of aromatic amines is 1. The maximum Gasteiger partial charge on any atom is 0.412 e. The number of carbonyl (C=O) groups is 3. The van der Waals surface area contributed by atoms with E-state index in [1.54, 1.807) is 0 Å². The van der Waals surface area contributed by atoms with Crippen LogP contribution in [0, 0.1) is 11.8 Å². The summed E-state index contributed by atoms with van der Waals surface area (Å²) in [5, 5.41) is 20.6. The van der Waals surface area contributed by atoms with Crippen LogP contribution in [0.4, 0.5) is 10.6 Å². The largest absolute Gasteiger partial charge is 0.481 e. The van der Waals surface area contributed by atoms with E-state index in [9.17, 15) is 14.4 Å². The minimum Gasteiger partial charge on any atom is -0.481 e. The van der Waals surface area contributed by atoms with Gasteiger partial charge < -0.3 is 15.2 Å². The van der Waals surface area contributed by atoms with Crippen molar-refractivity contribution in [2.75, 3.05) is 18.5 Å². The highest BCUT2D eigenvalue weighted by Gasteiger charge is 2.43. The van der Waals surface area contributed by atoms with Gasteiger partial charge in [-0.3, -0.25) is 20.0 Å². The number of H-pyrrole nitrogens is 1. The van der Waals surface area contributed by atoms with Crippen LogP contribution in [0.3, 0.4) is 0 Å². The highest BCUT2D eigenvalue weighted by Crippen LogP contribution is 2.44. The third-order valence-corrected chi connectivity index (χ3v) is 6.16. The van der Waals surface area contributed by atoms with Crippen molar-refractivity contribution in [1.29, 1.82) is 0 Å². The molecule has 2 aliphatic rings. The summed E-state index contributed by atoms with van der Waals surface area (Å²) in [6, 6.07) is 17.5. The van der Waals surface area contributed by atoms with Crippen LogP contribution in [0.15, 0.2) is 54.6 Å². The second-order valence-corrected chi connectivity index (χ2v) is 8.27. The van der Waals surface area contributed by atoms with Crippen molar-refractivity contribution in [1.82, 2.24) is 15.5 Å². The van der Waals surface area contributed by atoms with Crippen LogP contribution >= 0.6 is 0 Å². The van der Waals surface area contributed by atoms with E-state index in [2.05, 4.69) is 33.0 Å². The Morgan fingerprint density at radius 2 is 1.73 bits per heavy atom. The van der Waals surface area contributed by atoms with Gasteiger partial charge in [-0.05, 0) is 34.6 Å². The lowest BCUT2D eigenvalue weighted by atomic mass is 9.98. The van der Waals surface area contributed by atoms with Crippen molar-refractivity contribution < 1.29 is 24.2 Å². The van der Waals surface area contributed by atoms with Gasteiger partial charge >= 0.3 is 12.1 Å². The van der Waals surface area contributed by atoms with E-state index >= 15 is 0 Å². The number of benzene rings is 2. The summed E-state index contributed by atoms with van der Waals surface area (Å²) in [5.41, 5.74) is 4.69. The lowest BCUT2D eigenvalue weighted by molar-refractivity contribution is -0.138. The van der Waals surface area contributed by atoms with Gasteiger partial charge in [0.05, 0.1) is 5.92 Å². The second-order valence-electron chi connectivity index (χ2n) is 8.27. The Bertz CT molecular complexity index is 1190. The molecule has 168 valence electrons. The number of aromatic nitrogens is 2. The van der Waals surface area contributed by atoms with Crippen molar-refractivity contribution in [3.8, 4) is 11.1 Å². The first kappa shape index (κ1) is 20.7. The van der Waals surface area contributed by atoms with Crippen LogP contribution in [-0.2, 0) is 9.53 Å². The van der Waals surface area contributed by atoms with Gasteiger partial charge in [-0.2, -0.15) is 5.10 Å². The van der Waals surface area contributed by atoms with Crippen LogP contribution in [0.5, 0.6) is 0 Å². The van der Waals surface area contributed by atoms with Crippen molar-refractivity contribution >= 4 is 23.8 Å². The molecular weight excluding hydrogens is 424 g/mol. The smallest absolute Gasteiger partial charge is 0.412 e. The molecule has 1 aromatic heterocycles. The maximum atomic E-state index is 12.4. The first-order chi connectivity index (χ1) is 16.0. The fraction of sp³-hybridized carbons (Fsp3) is 0.250. The molecule has 2 amide bonds. The number of rotatable bonds is 7. The van der Waals surface area contributed by atoms with Gasteiger partial charge in [0.1, 0.15) is 12.3 Å². The minimum absolute atomic E-state index is 0.0483. The van der Waals surface area contributed by atoms with Crippen LogP contribution in [0.25, 0.3) is 11.1 Å². The molecule has 5 rings (SSSR count). The highest BCUT2D eigenvalue weighted by atomic mass is 16.5. The first-order valence-electron chi connectivity index (χ1n) is 10.7. The lowest BCUT2D eigenvalue weighted by Gasteiger charge is -2.14. The molecule has 9 heteroatoms. The number of fused-ring (bicyclic) bond motifs is 3. The molecule has 0 unspecified atom stereocenters. The van der Waals surface area contributed by atoms with Gasteiger partial charge in [-0.15, -0.1) is 0 Å². The van der Waals surface area contributed by atoms with Gasteiger partial charge in [0.2, 0.25) is 0 Å². The Labute approximate surface area is 189 Å². The van der Waals surface area contributed by atoms with E-state index in [0.29, 0.717) is 6.42 Å². The fourth-order valence-electron chi connectivity index (χ4n) is 4.34. The van der Waals surface area contributed by atoms with Gasteiger partial charge in [-0.1, -0.05) is 48.5 Å². The van der Waals surface area contributed by atoms with Gasteiger partial charge in [0.15, 0.2) is 5.82 Å². The molecule has 0 bridgehead atoms. The molecule has 1 fully saturated rings. The van der Waals surface area contributed by atoms with Gasteiger partial charge in [0.25, 0.3) is 5.91 Å². The number of anilines is 1. The average molecular weight is 446 g/mol. The molecule has 2 atom stereocenters. The first-order valence-corrected chi connectivity index (χ1v) is 10.7. The molecule has 0 saturated heterocycles. The number of hydrogen-bond acceptors (Lipinski definition) is 5. The zero-order valence-corrected chi connectivity index (χ0v) is 17.6. The number of carbonyl (C=O) groups excluding carboxylic acids is 2. The summed E-state index contributed by atoms with van der Waals surface area (Å²) in [6.07, 6.45) is -0.106. The summed E-state index contributed by atoms with van der Waals surface area (Å²) in [6.45, 7) is 0.452. The predicted molar refractivity (Wildman–Crippen MR) is 119 cm³/mol. The summed E-state index contributed by atoms with van der Waals surface area (Å²) in [4.78, 5) is 35.4. The molecule has 0 aliphatic heterocycles. The Balaban J connectivity index is 1.15. The number of carboxylic acids is 1. The molecule has 3 aromatic rings. The minimum atomic E-state index is -0.842. The van der Waals surface area contributed by atoms with Crippen LogP contribution in [0.2, 0.25) is 0 Å². The quantitative estimate of drug-likeness (QED) is 0.440. The van der Waals surface area contributed by atoms with E-state index in [-0.39, 0.29) is 36.5 Å². The molecule has 2 aliphatic carbocycles. The SMILES string of the molecule is O=C(Nc1cc(C(=O)NC[C@H]2C[C@H]2C(=O)O)[nH]n1)OCC1c2ccccc2-c2ccccc21. The Morgan fingerprint density at radius 1 is 1.06 bits per heavy atom. The zero-order chi connectivity index (χ0) is 22.9. The normalized spacial score (nSPS) is 18.2. The molecule has 2 aromatic carbocycles. The van der Waals surface area contributed by atoms with Gasteiger partial charge in [-0.25, -0.2) is 4.79 Å². The monoisotopic (exact) mass is 446 g/mol. The van der Waals surface area contributed by atoms with E-state index in [4.69, 9.17) is 9.84 Å². The zero-order valence-electron chi connectivity index (χ0n) is 17.6. The van der Waals surface area contributed by atoms with Crippen molar-refractivity contribution in [2.45, 2.75) is 12.3 Å². The number of nitrogens with zero attached hydrogens (tertiary/aromatic N) is 1. The maximum absolute atomic E-state index is 12.4. The van der Waals surface area contributed by atoms with Crippen LogP contribution in [0.1, 0.15) is 34.0 Å². The van der Waals surface area contributed by atoms with Crippen molar-refractivity contribution in [3.05, 3.63) is 71.4 Å². The van der Waals surface area contributed by atoms with E-state index in [1.807, 2.05) is 36.4 Å². The summed E-state index contributed by atoms with van der Waals surface area (Å²) in [5.74, 6) is -1.59. The van der Waals surface area contributed by atoms with Crippen molar-refractivity contribution in [3.63, 3.8) is 0 Å². The molecular formula is C24H22N4O5. The standard InChI is InChI=1S/C24H22N4O5/c29-22(25-11-13-9-18(13)23(30)31)20-10-21(28-27-20)26-24(32)33-12-19-16-7-3-1-5-14(16)15-6-2-4-8-17(15)19/h1-8,10,13,18-19H,9,11-12H2,(H,25,29)(H,30,31)(H2,26,27,28,32)/t13-,18-/m1/s1. The van der Waals surface area contributed by atoms with E-state index < -0.39 is 23.9 Å². The summed E-state index contributed by atoms with van der Waals surface area (Å²) >= 11 is 0. The second kappa shape index (κ2) is 8.42. The third kappa shape index (κ3) is 4.17. The molecule has 0 radical (unpaired) electrons. The summed E-state index contributed by atoms with van der Waals surface area (Å²) in [7, 11) is 0. The van der Waals surface area contributed by atoms with Gasteiger partial charge in [0, 0.05) is 18.5 Å². The number of carboxylic acid groups (broad SMARTS) is 1. The Morgan fingerprint density at radius 3 is 2.36 bits per heavy atom. The predicted octanol–water partition coefficient (Wildman–Crippen LogP) is 3.22. The molecule has 0 spiro atoms. The summed E-state index contributed by atoms with van der Waals surface area (Å²) < 4.78 is 5.47. The number of hydrogen-bond donors (Lipinski definition) is 4. The highest BCUT2D eigenvalue weighted by molar-refractivity contribution is 5.94. The number of nitrogens with one attached hydrogen (secondary N) is 3. The van der Waals surface area contributed by atoms with E-state index in [0.717, 1.165) is 22.3 Å². The molecule has 1 saturated carbocycles. The molecule has 33 heavy (non-hydrogen) atoms. The molecule has 1 heterocycles.